The molecule has 2 aliphatic rings. The number of likely N-dealkylation sites (tertiary alicyclic amines) is 1. The van der Waals surface area contributed by atoms with Gasteiger partial charge in [0, 0.05) is 12.6 Å². The second kappa shape index (κ2) is 5.39. The minimum Gasteiger partial charge on any atom is -0.481 e. The van der Waals surface area contributed by atoms with E-state index in [9.17, 15) is 9.59 Å². The Balaban J connectivity index is 1.97. The molecule has 2 atom stereocenters. The summed E-state index contributed by atoms with van der Waals surface area (Å²) in [4.78, 5) is 25.2. The fourth-order valence-corrected chi connectivity index (χ4v) is 3.16. The lowest BCUT2D eigenvalue weighted by Gasteiger charge is -2.45. The first-order valence-corrected chi connectivity index (χ1v) is 7.24. The molecule has 0 aromatic carbocycles. The van der Waals surface area contributed by atoms with Crippen LogP contribution in [0.4, 0.5) is 4.79 Å². The lowest BCUT2D eigenvalue weighted by Crippen LogP contribution is -2.60. The SMILES string of the molecule is CC1CCCN(C(=O)NC2(CC(=O)O)CCC2)C1C. The average Bonchev–Trinajstić information content (AvgIpc) is 2.29. The van der Waals surface area contributed by atoms with Gasteiger partial charge >= 0.3 is 12.0 Å². The fourth-order valence-electron chi connectivity index (χ4n) is 3.16. The van der Waals surface area contributed by atoms with Crippen molar-refractivity contribution >= 4 is 12.0 Å². The molecular weight excluding hydrogens is 244 g/mol. The Morgan fingerprint density at radius 1 is 1.32 bits per heavy atom. The Morgan fingerprint density at radius 3 is 2.53 bits per heavy atom. The fraction of sp³-hybridized carbons (Fsp3) is 0.857. The third-order valence-corrected chi connectivity index (χ3v) is 4.81. The average molecular weight is 268 g/mol. The first-order valence-electron chi connectivity index (χ1n) is 7.24. The molecule has 1 aliphatic heterocycles. The topological polar surface area (TPSA) is 69.6 Å². The van der Waals surface area contributed by atoms with Gasteiger partial charge in [0.15, 0.2) is 0 Å². The van der Waals surface area contributed by atoms with Crippen LogP contribution in [0.5, 0.6) is 0 Å². The Kier molecular flexibility index (Phi) is 4.02. The zero-order valence-electron chi connectivity index (χ0n) is 11.8. The maximum atomic E-state index is 12.4. The highest BCUT2D eigenvalue weighted by Crippen LogP contribution is 2.35. The number of rotatable bonds is 3. The van der Waals surface area contributed by atoms with E-state index in [4.69, 9.17) is 5.11 Å². The van der Waals surface area contributed by atoms with E-state index >= 15 is 0 Å². The lowest BCUT2D eigenvalue weighted by molar-refractivity contribution is -0.139. The number of hydrogen-bond donors (Lipinski definition) is 2. The number of carbonyl (C=O) groups is 2. The molecule has 108 valence electrons. The molecule has 2 N–H and O–H groups in total. The second-order valence-electron chi connectivity index (χ2n) is 6.19. The van der Waals surface area contributed by atoms with Crippen molar-refractivity contribution < 1.29 is 14.7 Å². The maximum Gasteiger partial charge on any atom is 0.318 e. The Bertz CT molecular complexity index is 366. The predicted molar refractivity (Wildman–Crippen MR) is 71.9 cm³/mol. The highest BCUT2D eigenvalue weighted by atomic mass is 16.4. The first-order chi connectivity index (χ1) is 8.93. The standard InChI is InChI=1S/C14H24N2O3/c1-10-5-3-8-16(11(10)2)13(19)15-14(6-4-7-14)9-12(17)18/h10-11H,3-9H2,1-2H3,(H,15,19)(H,17,18). The summed E-state index contributed by atoms with van der Waals surface area (Å²) in [6, 6.07) is 0.149. The highest BCUT2D eigenvalue weighted by Gasteiger charge is 2.42. The number of carboxylic acid groups (broad SMARTS) is 1. The number of hydrogen-bond acceptors (Lipinski definition) is 2. The van der Waals surface area contributed by atoms with Gasteiger partial charge in [-0.15, -0.1) is 0 Å². The summed E-state index contributed by atoms with van der Waals surface area (Å²) in [6.07, 6.45) is 4.79. The number of piperidine rings is 1. The van der Waals surface area contributed by atoms with E-state index in [0.29, 0.717) is 5.92 Å². The Morgan fingerprint density at radius 2 is 2.00 bits per heavy atom. The number of aliphatic carboxylic acids is 1. The van der Waals surface area contributed by atoms with Gasteiger partial charge in [0.25, 0.3) is 0 Å². The smallest absolute Gasteiger partial charge is 0.318 e. The van der Waals surface area contributed by atoms with E-state index in [1.165, 1.54) is 0 Å². The predicted octanol–water partition coefficient (Wildman–Crippen LogP) is 2.21. The van der Waals surface area contributed by atoms with Crippen LogP contribution < -0.4 is 5.32 Å². The van der Waals surface area contributed by atoms with Crippen molar-refractivity contribution in [1.29, 1.82) is 0 Å². The van der Waals surface area contributed by atoms with Crippen molar-refractivity contribution in [2.45, 2.75) is 64.0 Å². The number of nitrogens with zero attached hydrogens (tertiary/aromatic N) is 1. The van der Waals surface area contributed by atoms with Gasteiger partial charge in [0.1, 0.15) is 0 Å². The molecule has 2 amide bonds. The first kappa shape index (κ1) is 14.2. The van der Waals surface area contributed by atoms with Crippen molar-refractivity contribution in [3.05, 3.63) is 0 Å². The van der Waals surface area contributed by atoms with Crippen molar-refractivity contribution in [2.75, 3.05) is 6.54 Å². The number of carboxylic acids is 1. The normalized spacial score (nSPS) is 29.5. The van der Waals surface area contributed by atoms with E-state index in [-0.39, 0.29) is 18.5 Å². The van der Waals surface area contributed by atoms with Crippen molar-refractivity contribution in [1.82, 2.24) is 10.2 Å². The van der Waals surface area contributed by atoms with Gasteiger partial charge in [0.05, 0.1) is 12.0 Å². The largest absolute Gasteiger partial charge is 0.481 e. The molecule has 0 radical (unpaired) electrons. The monoisotopic (exact) mass is 268 g/mol. The van der Waals surface area contributed by atoms with E-state index in [1.807, 2.05) is 4.90 Å². The van der Waals surface area contributed by atoms with Crippen LogP contribution in [-0.4, -0.2) is 40.1 Å². The minimum absolute atomic E-state index is 0.0382. The molecule has 2 unspecified atom stereocenters. The van der Waals surface area contributed by atoms with Gasteiger partial charge in [-0.3, -0.25) is 4.79 Å². The summed E-state index contributed by atoms with van der Waals surface area (Å²) in [6.45, 7) is 5.02. The number of urea groups is 1. The van der Waals surface area contributed by atoms with Crippen LogP contribution in [0.2, 0.25) is 0 Å². The summed E-state index contributed by atoms with van der Waals surface area (Å²) < 4.78 is 0. The molecule has 0 bridgehead atoms. The van der Waals surface area contributed by atoms with Crippen LogP contribution in [0.25, 0.3) is 0 Å². The number of carbonyl (C=O) groups excluding carboxylic acids is 1. The van der Waals surface area contributed by atoms with E-state index in [0.717, 1.165) is 38.6 Å². The molecule has 19 heavy (non-hydrogen) atoms. The summed E-state index contributed by atoms with van der Waals surface area (Å²) in [7, 11) is 0. The van der Waals surface area contributed by atoms with Crippen LogP contribution in [0.15, 0.2) is 0 Å². The Hall–Kier alpha value is -1.26. The van der Waals surface area contributed by atoms with Gasteiger partial charge in [-0.25, -0.2) is 4.79 Å². The number of amides is 2. The zero-order chi connectivity index (χ0) is 14.0. The molecule has 2 fully saturated rings. The van der Waals surface area contributed by atoms with Gasteiger partial charge in [-0.05, 0) is 44.9 Å². The summed E-state index contributed by atoms with van der Waals surface area (Å²) in [5.41, 5.74) is -0.497. The van der Waals surface area contributed by atoms with Crippen LogP contribution in [0.3, 0.4) is 0 Å². The van der Waals surface area contributed by atoms with Crippen molar-refractivity contribution in [3.8, 4) is 0 Å². The molecule has 1 saturated heterocycles. The second-order valence-corrected chi connectivity index (χ2v) is 6.19. The molecular formula is C14H24N2O3. The minimum atomic E-state index is -0.833. The molecule has 0 spiro atoms. The van der Waals surface area contributed by atoms with Crippen LogP contribution in [0, 0.1) is 5.92 Å². The van der Waals surface area contributed by atoms with E-state index < -0.39 is 11.5 Å². The van der Waals surface area contributed by atoms with Gasteiger partial charge < -0.3 is 15.3 Å². The third kappa shape index (κ3) is 3.01. The zero-order valence-corrected chi connectivity index (χ0v) is 11.8. The molecule has 2 rings (SSSR count). The van der Waals surface area contributed by atoms with E-state index in [1.54, 1.807) is 0 Å². The molecule has 0 aromatic heterocycles. The molecule has 1 aliphatic carbocycles. The summed E-state index contributed by atoms with van der Waals surface area (Å²) in [5, 5.41) is 12.0. The molecule has 1 saturated carbocycles. The summed E-state index contributed by atoms with van der Waals surface area (Å²) in [5.74, 6) is -0.323. The lowest BCUT2D eigenvalue weighted by atomic mass is 9.74. The van der Waals surface area contributed by atoms with E-state index in [2.05, 4.69) is 19.2 Å². The van der Waals surface area contributed by atoms with Crippen molar-refractivity contribution in [3.63, 3.8) is 0 Å². The number of nitrogens with one attached hydrogen (secondary N) is 1. The third-order valence-electron chi connectivity index (χ3n) is 4.81. The van der Waals surface area contributed by atoms with Crippen molar-refractivity contribution in [2.24, 2.45) is 5.92 Å². The van der Waals surface area contributed by atoms with Gasteiger partial charge in [-0.1, -0.05) is 6.92 Å². The molecule has 5 nitrogen and oxygen atoms in total. The molecule has 0 aromatic rings. The molecule has 1 heterocycles. The highest BCUT2D eigenvalue weighted by molar-refractivity contribution is 5.77. The van der Waals surface area contributed by atoms with Crippen LogP contribution in [-0.2, 0) is 4.79 Å². The van der Waals surface area contributed by atoms with Crippen LogP contribution in [0.1, 0.15) is 52.4 Å². The van der Waals surface area contributed by atoms with Crippen LogP contribution >= 0.6 is 0 Å². The summed E-state index contributed by atoms with van der Waals surface area (Å²) >= 11 is 0. The maximum absolute atomic E-state index is 12.4. The van der Waals surface area contributed by atoms with Gasteiger partial charge in [-0.2, -0.15) is 0 Å². The van der Waals surface area contributed by atoms with Gasteiger partial charge in [0.2, 0.25) is 0 Å². The quantitative estimate of drug-likeness (QED) is 0.824. The Labute approximate surface area is 114 Å². The molecule has 5 heteroatoms.